The molecule has 4 nitrogen and oxygen atoms in total. The first-order valence-electron chi connectivity index (χ1n) is 7.89. The van der Waals surface area contributed by atoms with Crippen molar-refractivity contribution in [3.8, 4) is 0 Å². The highest BCUT2D eigenvalue weighted by atomic mass is 19.2. The summed E-state index contributed by atoms with van der Waals surface area (Å²) >= 11 is 0. The van der Waals surface area contributed by atoms with Crippen LogP contribution in [0.3, 0.4) is 0 Å². The molecule has 25 heavy (non-hydrogen) atoms. The maximum atomic E-state index is 14.0. The molecule has 2 aromatic rings. The number of hydrazone groups is 1. The Morgan fingerprint density at radius 3 is 2.64 bits per heavy atom. The Bertz CT molecular complexity index is 851. The minimum Gasteiger partial charge on any atom is -0.273 e. The third kappa shape index (κ3) is 3.87. The number of carbonyl (C=O) groups is 1. The van der Waals surface area contributed by atoms with Gasteiger partial charge in [0.2, 0.25) is 5.91 Å². The molecule has 3 rings (SSSR count). The van der Waals surface area contributed by atoms with Gasteiger partial charge in [-0.05, 0) is 37.1 Å². The molecule has 130 valence electrons. The molecule has 0 saturated carbocycles. The lowest BCUT2D eigenvalue weighted by molar-refractivity contribution is -0.127. The first kappa shape index (κ1) is 17.1. The number of hydrogen-bond donors (Lipinski definition) is 0. The van der Waals surface area contributed by atoms with Gasteiger partial charge in [-0.2, -0.15) is 5.10 Å². The van der Waals surface area contributed by atoms with Gasteiger partial charge in [-0.3, -0.25) is 9.78 Å². The van der Waals surface area contributed by atoms with Crippen LogP contribution in [0.25, 0.3) is 0 Å². The van der Waals surface area contributed by atoms with Crippen molar-refractivity contribution in [3.05, 3.63) is 64.7 Å². The van der Waals surface area contributed by atoms with Gasteiger partial charge in [0.15, 0.2) is 11.6 Å². The zero-order valence-corrected chi connectivity index (χ0v) is 13.6. The van der Waals surface area contributed by atoms with Crippen molar-refractivity contribution < 1.29 is 18.0 Å². The smallest absolute Gasteiger partial charge is 0.242 e. The zero-order chi connectivity index (χ0) is 18.0. The predicted molar refractivity (Wildman–Crippen MR) is 86.5 cm³/mol. The second kappa shape index (κ2) is 7.04. The fourth-order valence-electron chi connectivity index (χ4n) is 2.65. The minimum absolute atomic E-state index is 0.0485. The predicted octanol–water partition coefficient (Wildman–Crippen LogP) is 3.38. The van der Waals surface area contributed by atoms with Crippen molar-refractivity contribution >= 4 is 11.6 Å². The van der Waals surface area contributed by atoms with E-state index in [0.29, 0.717) is 36.9 Å². The van der Waals surface area contributed by atoms with Gasteiger partial charge in [0.05, 0.1) is 11.4 Å². The number of aryl methyl sites for hydroxylation is 1. The van der Waals surface area contributed by atoms with E-state index in [4.69, 9.17) is 0 Å². The summed E-state index contributed by atoms with van der Waals surface area (Å²) < 4.78 is 40.6. The number of rotatable bonds is 4. The third-order valence-electron chi connectivity index (χ3n) is 3.92. The first-order chi connectivity index (χ1) is 11.9. The van der Waals surface area contributed by atoms with E-state index < -0.39 is 17.5 Å². The Balaban J connectivity index is 2.01. The van der Waals surface area contributed by atoms with Crippen molar-refractivity contribution in [2.45, 2.75) is 26.2 Å². The monoisotopic (exact) mass is 347 g/mol. The summed E-state index contributed by atoms with van der Waals surface area (Å²) in [4.78, 5) is 16.2. The summed E-state index contributed by atoms with van der Waals surface area (Å²) in [5, 5.41) is 5.63. The van der Waals surface area contributed by atoms with E-state index in [0.717, 1.165) is 11.8 Å². The van der Waals surface area contributed by atoms with E-state index in [1.165, 1.54) is 5.01 Å². The zero-order valence-electron chi connectivity index (χ0n) is 13.6. The fraction of sp³-hybridized carbons (Fsp3) is 0.278. The molecule has 0 N–H and O–H groups in total. The molecule has 0 unspecified atom stereocenters. The molecule has 0 atom stereocenters. The summed E-state index contributed by atoms with van der Waals surface area (Å²) in [6.45, 7) is 2.26. The van der Waals surface area contributed by atoms with E-state index in [-0.39, 0.29) is 17.9 Å². The summed E-state index contributed by atoms with van der Waals surface area (Å²) in [6, 6.07) is 6.56. The molecule has 7 heteroatoms. The van der Waals surface area contributed by atoms with E-state index in [1.807, 2.05) is 0 Å². The number of halogens is 3. The fourth-order valence-corrected chi connectivity index (χ4v) is 2.65. The van der Waals surface area contributed by atoms with Gasteiger partial charge < -0.3 is 0 Å². The van der Waals surface area contributed by atoms with Crippen molar-refractivity contribution in [1.82, 2.24) is 9.99 Å². The average Bonchev–Trinajstić information content (AvgIpc) is 2.97. The topological polar surface area (TPSA) is 45.6 Å². The van der Waals surface area contributed by atoms with Crippen LogP contribution < -0.4 is 0 Å². The van der Waals surface area contributed by atoms with E-state index in [9.17, 15) is 18.0 Å². The second-order valence-electron chi connectivity index (χ2n) is 5.87. The van der Waals surface area contributed by atoms with Crippen LogP contribution in [0.5, 0.6) is 0 Å². The van der Waals surface area contributed by atoms with Crippen LogP contribution >= 0.6 is 0 Å². The van der Waals surface area contributed by atoms with Crippen LogP contribution in [-0.4, -0.2) is 28.2 Å². The van der Waals surface area contributed by atoms with Crippen molar-refractivity contribution in [3.63, 3.8) is 0 Å². The van der Waals surface area contributed by atoms with Crippen molar-refractivity contribution in [2.75, 3.05) is 6.54 Å². The number of pyridine rings is 1. The molecule has 0 radical (unpaired) electrons. The molecule has 1 aromatic carbocycles. The van der Waals surface area contributed by atoms with Crippen LogP contribution in [0, 0.1) is 24.4 Å². The maximum Gasteiger partial charge on any atom is 0.242 e. The van der Waals surface area contributed by atoms with Crippen molar-refractivity contribution in [2.24, 2.45) is 5.10 Å². The molecule has 1 aromatic heterocycles. The summed E-state index contributed by atoms with van der Waals surface area (Å²) in [6.07, 6.45) is 0.983. The number of nitrogens with zero attached hydrogens (tertiary/aromatic N) is 3. The number of hydrogen-bond acceptors (Lipinski definition) is 3. The van der Waals surface area contributed by atoms with Crippen LogP contribution in [-0.2, 0) is 11.2 Å². The van der Waals surface area contributed by atoms with Crippen LogP contribution in [0.4, 0.5) is 13.2 Å². The van der Waals surface area contributed by atoms with Crippen LogP contribution in [0.1, 0.15) is 29.8 Å². The van der Waals surface area contributed by atoms with Crippen molar-refractivity contribution in [1.29, 1.82) is 0 Å². The lowest BCUT2D eigenvalue weighted by Gasteiger charge is -2.14. The van der Waals surface area contributed by atoms with Gasteiger partial charge in [0.25, 0.3) is 0 Å². The lowest BCUT2D eigenvalue weighted by Crippen LogP contribution is -2.22. The van der Waals surface area contributed by atoms with Gasteiger partial charge >= 0.3 is 0 Å². The Morgan fingerprint density at radius 2 is 1.96 bits per heavy atom. The van der Waals surface area contributed by atoms with Crippen LogP contribution in [0.15, 0.2) is 35.4 Å². The molecule has 1 aliphatic rings. The highest BCUT2D eigenvalue weighted by molar-refractivity contribution is 6.01. The van der Waals surface area contributed by atoms with E-state index in [1.54, 1.807) is 25.1 Å². The van der Waals surface area contributed by atoms with Gasteiger partial charge in [-0.1, -0.05) is 6.07 Å². The average molecular weight is 347 g/mol. The first-order valence-corrected chi connectivity index (χ1v) is 7.89. The largest absolute Gasteiger partial charge is 0.273 e. The molecule has 1 amide bonds. The van der Waals surface area contributed by atoms with Gasteiger partial charge in [0.1, 0.15) is 5.82 Å². The molecule has 1 aliphatic heterocycles. The Morgan fingerprint density at radius 1 is 1.20 bits per heavy atom. The normalized spacial score (nSPS) is 15.1. The molecule has 0 bridgehead atoms. The summed E-state index contributed by atoms with van der Waals surface area (Å²) in [7, 11) is 0. The highest BCUT2D eigenvalue weighted by Gasteiger charge is 2.22. The number of benzene rings is 1. The summed E-state index contributed by atoms with van der Waals surface area (Å²) in [5.74, 6) is -3.38. The Labute approximate surface area is 143 Å². The molecular weight excluding hydrogens is 331 g/mol. The number of amides is 1. The second-order valence-corrected chi connectivity index (χ2v) is 5.87. The summed E-state index contributed by atoms with van der Waals surface area (Å²) in [5.41, 5.74) is 1.46. The third-order valence-corrected chi connectivity index (χ3v) is 3.92. The molecule has 0 spiro atoms. The molecule has 1 saturated heterocycles. The Kier molecular flexibility index (Phi) is 4.83. The minimum atomic E-state index is -1.25. The standard InChI is InChI=1S/C18H16F3N3O/c1-11-4-2-5-16(22-11)17(23-24-7-3-6-18(24)25)9-12-8-14(20)15(21)10-13(12)19/h2,4-5,8,10H,3,6-7,9H2,1H3/b23-17+. The SMILES string of the molecule is Cc1cccc(/C(Cc2cc(F)c(F)cc2F)=N/N2CCCC2=O)n1. The molecular formula is C18H16F3N3O. The van der Waals surface area contributed by atoms with Gasteiger partial charge in [0, 0.05) is 31.1 Å². The number of aromatic nitrogens is 1. The lowest BCUT2D eigenvalue weighted by atomic mass is 10.0. The molecule has 2 heterocycles. The number of carbonyl (C=O) groups excluding carboxylic acids is 1. The van der Waals surface area contributed by atoms with Gasteiger partial charge in [-0.25, -0.2) is 18.2 Å². The van der Waals surface area contributed by atoms with E-state index >= 15 is 0 Å². The van der Waals surface area contributed by atoms with E-state index in [2.05, 4.69) is 10.1 Å². The maximum absolute atomic E-state index is 14.0. The quantitative estimate of drug-likeness (QED) is 0.629. The molecule has 0 aliphatic carbocycles. The Hall–Kier alpha value is -2.70. The highest BCUT2D eigenvalue weighted by Crippen LogP contribution is 2.18. The van der Waals surface area contributed by atoms with Gasteiger partial charge in [-0.15, -0.1) is 0 Å². The van der Waals surface area contributed by atoms with Crippen LogP contribution in [0.2, 0.25) is 0 Å². The molecule has 1 fully saturated rings.